The summed E-state index contributed by atoms with van der Waals surface area (Å²) in [4.78, 5) is 16.9. The van der Waals surface area contributed by atoms with E-state index in [0.29, 0.717) is 19.5 Å². The van der Waals surface area contributed by atoms with Crippen LogP contribution in [0.3, 0.4) is 0 Å². The Morgan fingerprint density at radius 2 is 1.76 bits per heavy atom. The summed E-state index contributed by atoms with van der Waals surface area (Å²) in [5, 5.41) is 0. The molecule has 5 nitrogen and oxygen atoms in total. The van der Waals surface area contributed by atoms with E-state index in [9.17, 15) is 13.2 Å². The quantitative estimate of drug-likeness (QED) is 0.803. The van der Waals surface area contributed by atoms with Crippen LogP contribution in [-0.2, 0) is 14.6 Å². The molecular formula is C19H28N2O3S. The predicted octanol–water partition coefficient (Wildman–Crippen LogP) is 2.17. The van der Waals surface area contributed by atoms with Gasteiger partial charge in [0, 0.05) is 44.5 Å². The first kappa shape index (κ1) is 18.2. The zero-order chi connectivity index (χ0) is 18.2. The highest BCUT2D eigenvalue weighted by Gasteiger charge is 2.47. The van der Waals surface area contributed by atoms with Crippen LogP contribution in [-0.4, -0.2) is 57.4 Å². The molecule has 0 spiro atoms. The van der Waals surface area contributed by atoms with E-state index in [-0.39, 0.29) is 17.1 Å². The van der Waals surface area contributed by atoms with E-state index in [0.717, 1.165) is 25.9 Å². The van der Waals surface area contributed by atoms with Crippen molar-refractivity contribution in [1.82, 2.24) is 4.90 Å². The van der Waals surface area contributed by atoms with Gasteiger partial charge in [-0.15, -0.1) is 0 Å². The largest absolute Gasteiger partial charge is 0.368 e. The zero-order valence-electron chi connectivity index (χ0n) is 15.4. The maximum absolute atomic E-state index is 12.6. The fraction of sp³-hybridized carbons (Fsp3) is 0.632. The average molecular weight is 365 g/mol. The molecule has 2 aliphatic rings. The second-order valence-electron chi connectivity index (χ2n) is 7.90. The van der Waals surface area contributed by atoms with Gasteiger partial charge in [-0.3, -0.25) is 4.79 Å². The summed E-state index contributed by atoms with van der Waals surface area (Å²) in [5.74, 6) is 0.260. The molecule has 25 heavy (non-hydrogen) atoms. The van der Waals surface area contributed by atoms with Crippen molar-refractivity contribution in [3.63, 3.8) is 0 Å². The first-order valence-electron chi connectivity index (χ1n) is 8.95. The molecule has 1 aromatic carbocycles. The third-order valence-electron chi connectivity index (χ3n) is 5.39. The highest BCUT2D eigenvalue weighted by atomic mass is 32.2. The highest BCUT2D eigenvalue weighted by molar-refractivity contribution is 7.90. The van der Waals surface area contributed by atoms with Gasteiger partial charge < -0.3 is 9.80 Å². The standard InChI is InChI=1S/C19H28N2O3S/c1-15-4-5-16(2)17(12-15)20-8-10-21(11-9-20)18(22)13-19(6-7-19)14-25(3,23)24/h4-5,12H,6-11,13-14H2,1-3H3. The van der Waals surface area contributed by atoms with Gasteiger partial charge in [0.05, 0.1) is 5.75 Å². The lowest BCUT2D eigenvalue weighted by atomic mass is 10.0. The van der Waals surface area contributed by atoms with Crippen molar-refractivity contribution in [1.29, 1.82) is 0 Å². The first-order valence-corrected chi connectivity index (χ1v) is 11.0. The van der Waals surface area contributed by atoms with Crippen LogP contribution < -0.4 is 4.90 Å². The summed E-state index contributed by atoms with van der Waals surface area (Å²) in [5.41, 5.74) is 3.48. The maximum Gasteiger partial charge on any atom is 0.223 e. The Hall–Kier alpha value is -1.56. The third-order valence-corrected chi connectivity index (χ3v) is 6.53. The number of amides is 1. The molecule has 0 bridgehead atoms. The van der Waals surface area contributed by atoms with Crippen molar-refractivity contribution in [2.45, 2.75) is 33.1 Å². The van der Waals surface area contributed by atoms with Gasteiger partial charge in [0.2, 0.25) is 5.91 Å². The fourth-order valence-electron chi connectivity index (χ4n) is 3.79. The third kappa shape index (κ3) is 4.54. The molecule has 0 N–H and O–H groups in total. The molecule has 1 heterocycles. The monoisotopic (exact) mass is 364 g/mol. The van der Waals surface area contributed by atoms with Crippen LogP contribution >= 0.6 is 0 Å². The van der Waals surface area contributed by atoms with Crippen LogP contribution in [0.15, 0.2) is 18.2 Å². The summed E-state index contributed by atoms with van der Waals surface area (Å²) in [6.07, 6.45) is 3.35. The normalized spacial score (nSPS) is 19.8. The van der Waals surface area contributed by atoms with Crippen LogP contribution in [0.25, 0.3) is 0 Å². The Morgan fingerprint density at radius 3 is 2.32 bits per heavy atom. The van der Waals surface area contributed by atoms with E-state index in [2.05, 4.69) is 36.9 Å². The molecule has 1 saturated heterocycles. The number of anilines is 1. The summed E-state index contributed by atoms with van der Waals surface area (Å²) < 4.78 is 23.1. The molecule has 0 radical (unpaired) electrons. The summed E-state index contributed by atoms with van der Waals surface area (Å²) in [6, 6.07) is 6.47. The molecule has 0 atom stereocenters. The van der Waals surface area contributed by atoms with Gasteiger partial charge in [0.1, 0.15) is 9.84 Å². The lowest BCUT2D eigenvalue weighted by molar-refractivity contribution is -0.132. The van der Waals surface area contributed by atoms with Crippen molar-refractivity contribution in [2.75, 3.05) is 43.1 Å². The molecule has 1 aliphatic heterocycles. The number of piperazine rings is 1. The lowest BCUT2D eigenvalue weighted by Crippen LogP contribution is -2.49. The van der Waals surface area contributed by atoms with Gasteiger partial charge >= 0.3 is 0 Å². The minimum absolute atomic E-state index is 0.113. The number of aryl methyl sites for hydroxylation is 2. The van der Waals surface area contributed by atoms with Gasteiger partial charge in [0.15, 0.2) is 0 Å². The van der Waals surface area contributed by atoms with Crippen LogP contribution in [0.4, 0.5) is 5.69 Å². The van der Waals surface area contributed by atoms with Crippen LogP contribution in [0.1, 0.15) is 30.4 Å². The Balaban J connectivity index is 1.57. The minimum Gasteiger partial charge on any atom is -0.368 e. The van der Waals surface area contributed by atoms with Gasteiger partial charge in [-0.2, -0.15) is 0 Å². The Labute approximate surface area is 150 Å². The van der Waals surface area contributed by atoms with E-state index < -0.39 is 9.84 Å². The van der Waals surface area contributed by atoms with Crippen molar-refractivity contribution in [2.24, 2.45) is 5.41 Å². The second kappa shape index (κ2) is 6.63. The number of rotatable bonds is 5. The molecule has 1 saturated carbocycles. The SMILES string of the molecule is Cc1ccc(C)c(N2CCN(C(=O)CC3(CS(C)(=O)=O)CC3)CC2)c1. The molecule has 1 aliphatic carbocycles. The molecule has 6 heteroatoms. The number of carbonyl (C=O) groups is 1. The number of nitrogens with zero attached hydrogens (tertiary/aromatic N) is 2. The number of benzene rings is 1. The molecule has 0 unspecified atom stereocenters. The van der Waals surface area contributed by atoms with Crippen molar-refractivity contribution >= 4 is 21.4 Å². The van der Waals surface area contributed by atoms with Gasteiger partial charge in [-0.05, 0) is 49.3 Å². The number of carbonyl (C=O) groups excluding carboxylic acids is 1. The topological polar surface area (TPSA) is 57.7 Å². The van der Waals surface area contributed by atoms with Gasteiger partial charge in [0.25, 0.3) is 0 Å². The fourth-order valence-corrected chi connectivity index (χ4v) is 5.30. The molecule has 3 rings (SSSR count). The predicted molar refractivity (Wildman–Crippen MR) is 101 cm³/mol. The molecule has 138 valence electrons. The van der Waals surface area contributed by atoms with Crippen molar-refractivity contribution in [3.05, 3.63) is 29.3 Å². The minimum atomic E-state index is -3.03. The van der Waals surface area contributed by atoms with E-state index in [4.69, 9.17) is 0 Å². The molecule has 0 aromatic heterocycles. The Kier molecular flexibility index (Phi) is 4.84. The van der Waals surface area contributed by atoms with E-state index in [1.165, 1.54) is 23.1 Å². The van der Waals surface area contributed by atoms with Gasteiger partial charge in [-0.1, -0.05) is 12.1 Å². The van der Waals surface area contributed by atoms with E-state index in [1.54, 1.807) is 0 Å². The van der Waals surface area contributed by atoms with Crippen LogP contribution in [0.5, 0.6) is 0 Å². The van der Waals surface area contributed by atoms with Crippen LogP contribution in [0.2, 0.25) is 0 Å². The maximum atomic E-state index is 12.6. The number of hydrogen-bond donors (Lipinski definition) is 0. The molecular weight excluding hydrogens is 336 g/mol. The lowest BCUT2D eigenvalue weighted by Gasteiger charge is -2.37. The zero-order valence-corrected chi connectivity index (χ0v) is 16.2. The Bertz CT molecular complexity index is 761. The average Bonchev–Trinajstić information content (AvgIpc) is 3.26. The number of sulfone groups is 1. The first-order chi connectivity index (χ1) is 11.7. The highest BCUT2D eigenvalue weighted by Crippen LogP contribution is 2.50. The van der Waals surface area contributed by atoms with Crippen molar-refractivity contribution < 1.29 is 13.2 Å². The summed E-state index contributed by atoms with van der Waals surface area (Å²) in [6.45, 7) is 7.29. The van der Waals surface area contributed by atoms with Gasteiger partial charge in [-0.25, -0.2) is 8.42 Å². The summed E-state index contributed by atoms with van der Waals surface area (Å²) in [7, 11) is -3.03. The smallest absolute Gasteiger partial charge is 0.223 e. The van der Waals surface area contributed by atoms with E-state index >= 15 is 0 Å². The summed E-state index contributed by atoms with van der Waals surface area (Å²) >= 11 is 0. The Morgan fingerprint density at radius 1 is 1.12 bits per heavy atom. The second-order valence-corrected chi connectivity index (χ2v) is 10.0. The molecule has 2 fully saturated rings. The van der Waals surface area contributed by atoms with Crippen LogP contribution in [0, 0.1) is 19.3 Å². The van der Waals surface area contributed by atoms with Crippen molar-refractivity contribution in [3.8, 4) is 0 Å². The molecule has 1 aromatic rings. The molecule has 1 amide bonds. The van der Waals surface area contributed by atoms with E-state index in [1.807, 2.05) is 4.90 Å². The number of hydrogen-bond acceptors (Lipinski definition) is 4.